The van der Waals surface area contributed by atoms with Crippen molar-refractivity contribution in [2.75, 3.05) is 13.1 Å². The predicted molar refractivity (Wildman–Crippen MR) is 93.4 cm³/mol. The number of nitrogens with zero attached hydrogens (tertiary/aromatic N) is 1. The first-order chi connectivity index (χ1) is 11.9. The minimum atomic E-state index is -0.758. The van der Waals surface area contributed by atoms with E-state index in [1.165, 1.54) is 18.2 Å². The van der Waals surface area contributed by atoms with Gasteiger partial charge < -0.3 is 16.4 Å². The Kier molecular flexibility index (Phi) is 6.72. The molecule has 0 aromatic heterocycles. The van der Waals surface area contributed by atoms with Crippen LogP contribution in [-0.2, 0) is 4.79 Å². The summed E-state index contributed by atoms with van der Waals surface area (Å²) in [4.78, 5) is 34.6. The van der Waals surface area contributed by atoms with Crippen LogP contribution in [0.5, 0.6) is 0 Å². The van der Waals surface area contributed by atoms with Crippen LogP contribution < -0.4 is 16.4 Å². The lowest BCUT2D eigenvalue weighted by molar-refractivity contribution is -0.385. The van der Waals surface area contributed by atoms with E-state index in [-0.39, 0.29) is 35.0 Å². The molecule has 1 aliphatic carbocycles. The molecular weight excluding hydrogens is 348 g/mol. The second kappa shape index (κ2) is 8.77. The van der Waals surface area contributed by atoms with E-state index in [4.69, 9.17) is 17.3 Å². The predicted octanol–water partition coefficient (Wildman–Crippen LogP) is 1.61. The lowest BCUT2D eigenvalue weighted by Crippen LogP contribution is -2.48. The van der Waals surface area contributed by atoms with Crippen LogP contribution in [0.3, 0.4) is 0 Å². The third-order valence-electron chi connectivity index (χ3n) is 4.38. The number of rotatable bonds is 6. The Labute approximate surface area is 150 Å². The molecule has 4 N–H and O–H groups in total. The topological polar surface area (TPSA) is 127 Å². The van der Waals surface area contributed by atoms with Gasteiger partial charge >= 0.3 is 0 Å². The van der Waals surface area contributed by atoms with Crippen molar-refractivity contribution in [1.29, 1.82) is 0 Å². The molecule has 0 spiro atoms. The monoisotopic (exact) mass is 368 g/mol. The van der Waals surface area contributed by atoms with Crippen LogP contribution in [0.25, 0.3) is 0 Å². The zero-order chi connectivity index (χ0) is 18.4. The van der Waals surface area contributed by atoms with Crippen LogP contribution in [0.1, 0.15) is 36.0 Å². The van der Waals surface area contributed by atoms with Crippen molar-refractivity contribution < 1.29 is 14.5 Å². The molecule has 25 heavy (non-hydrogen) atoms. The Morgan fingerprint density at radius 2 is 2.04 bits per heavy atom. The van der Waals surface area contributed by atoms with Crippen LogP contribution >= 0.6 is 11.6 Å². The lowest BCUT2D eigenvalue weighted by atomic mass is 9.84. The SMILES string of the molecule is NCC1CCCCC1NC(=O)CNC(=O)c1c(Cl)cccc1[N+](=O)[O-]. The lowest BCUT2D eigenvalue weighted by Gasteiger charge is -2.31. The molecule has 1 aromatic rings. The summed E-state index contributed by atoms with van der Waals surface area (Å²) < 4.78 is 0. The minimum absolute atomic E-state index is 0.00204. The first kappa shape index (κ1) is 19.1. The second-order valence-electron chi connectivity index (χ2n) is 6.03. The summed E-state index contributed by atoms with van der Waals surface area (Å²) in [6, 6.07) is 3.96. The van der Waals surface area contributed by atoms with E-state index in [1.54, 1.807) is 0 Å². The molecule has 0 saturated heterocycles. The van der Waals surface area contributed by atoms with Crippen molar-refractivity contribution in [3.05, 3.63) is 38.9 Å². The molecule has 1 aliphatic rings. The number of carbonyl (C=O) groups excluding carboxylic acids is 2. The van der Waals surface area contributed by atoms with Gasteiger partial charge in [-0.25, -0.2) is 0 Å². The van der Waals surface area contributed by atoms with Crippen molar-refractivity contribution in [2.24, 2.45) is 11.7 Å². The molecule has 136 valence electrons. The largest absolute Gasteiger partial charge is 0.352 e. The van der Waals surface area contributed by atoms with Gasteiger partial charge in [-0.15, -0.1) is 0 Å². The van der Waals surface area contributed by atoms with E-state index < -0.39 is 16.5 Å². The summed E-state index contributed by atoms with van der Waals surface area (Å²) in [5.41, 5.74) is 5.08. The average molecular weight is 369 g/mol. The standard InChI is InChI=1S/C16H21ClN4O4/c17-11-5-3-7-13(21(24)25)15(11)16(23)19-9-14(22)20-12-6-2-1-4-10(12)8-18/h3,5,7,10,12H,1-2,4,6,8-9,18H2,(H,19,23)(H,20,22). The number of amides is 2. The first-order valence-corrected chi connectivity index (χ1v) is 8.52. The van der Waals surface area contributed by atoms with Crippen LogP contribution in [0.15, 0.2) is 18.2 Å². The third kappa shape index (κ3) is 4.90. The molecule has 1 aromatic carbocycles. The van der Waals surface area contributed by atoms with Crippen molar-refractivity contribution in [1.82, 2.24) is 10.6 Å². The minimum Gasteiger partial charge on any atom is -0.352 e. The van der Waals surface area contributed by atoms with Gasteiger partial charge in [0.2, 0.25) is 5.91 Å². The molecule has 1 fully saturated rings. The molecular formula is C16H21ClN4O4. The molecule has 9 heteroatoms. The van der Waals surface area contributed by atoms with Crippen LogP contribution in [0, 0.1) is 16.0 Å². The number of hydrogen-bond donors (Lipinski definition) is 3. The van der Waals surface area contributed by atoms with Crippen LogP contribution in [0.4, 0.5) is 5.69 Å². The number of hydrogen-bond acceptors (Lipinski definition) is 5. The molecule has 8 nitrogen and oxygen atoms in total. The van der Waals surface area contributed by atoms with Crippen molar-refractivity contribution >= 4 is 29.1 Å². The van der Waals surface area contributed by atoms with Gasteiger partial charge in [-0.05, 0) is 31.4 Å². The van der Waals surface area contributed by atoms with Crippen molar-refractivity contribution in [3.63, 3.8) is 0 Å². The van der Waals surface area contributed by atoms with Gasteiger partial charge in [0.05, 0.1) is 16.5 Å². The Bertz CT molecular complexity index is 668. The molecule has 2 atom stereocenters. The molecule has 0 heterocycles. The summed E-state index contributed by atoms with van der Waals surface area (Å²) in [7, 11) is 0. The normalized spacial score (nSPS) is 19.9. The van der Waals surface area contributed by atoms with E-state index in [1.807, 2.05) is 0 Å². The number of nitrogens with two attached hydrogens (primary N) is 1. The summed E-state index contributed by atoms with van der Waals surface area (Å²) in [6.07, 6.45) is 3.96. The Morgan fingerprint density at radius 1 is 1.32 bits per heavy atom. The van der Waals surface area contributed by atoms with Gasteiger partial charge in [0.1, 0.15) is 5.56 Å². The zero-order valence-electron chi connectivity index (χ0n) is 13.7. The maximum absolute atomic E-state index is 12.2. The molecule has 2 amide bonds. The summed E-state index contributed by atoms with van der Waals surface area (Å²) in [5, 5.41) is 16.2. The highest BCUT2D eigenvalue weighted by Gasteiger charge is 2.26. The van der Waals surface area contributed by atoms with Crippen LogP contribution in [0.2, 0.25) is 5.02 Å². The second-order valence-corrected chi connectivity index (χ2v) is 6.44. The highest BCUT2D eigenvalue weighted by Crippen LogP contribution is 2.26. The highest BCUT2D eigenvalue weighted by molar-refractivity contribution is 6.34. The fourth-order valence-electron chi connectivity index (χ4n) is 3.08. The molecule has 2 rings (SSSR count). The van der Waals surface area contributed by atoms with E-state index in [9.17, 15) is 19.7 Å². The fourth-order valence-corrected chi connectivity index (χ4v) is 3.33. The summed E-state index contributed by atoms with van der Waals surface area (Å²) >= 11 is 5.90. The maximum atomic E-state index is 12.2. The van der Waals surface area contributed by atoms with E-state index >= 15 is 0 Å². The zero-order valence-corrected chi connectivity index (χ0v) is 14.4. The van der Waals surface area contributed by atoms with Gasteiger partial charge in [-0.3, -0.25) is 19.7 Å². The smallest absolute Gasteiger partial charge is 0.283 e. The Balaban J connectivity index is 1.96. The summed E-state index contributed by atoms with van der Waals surface area (Å²) in [5.74, 6) is -0.877. The van der Waals surface area contributed by atoms with Crippen molar-refractivity contribution in [3.8, 4) is 0 Å². The average Bonchev–Trinajstić information content (AvgIpc) is 2.59. The van der Waals surface area contributed by atoms with E-state index in [2.05, 4.69) is 10.6 Å². The van der Waals surface area contributed by atoms with Gasteiger partial charge in [-0.2, -0.15) is 0 Å². The third-order valence-corrected chi connectivity index (χ3v) is 4.70. The molecule has 0 bridgehead atoms. The number of nitro groups is 1. The number of nitrogens with one attached hydrogen (secondary N) is 2. The molecule has 0 aliphatic heterocycles. The van der Waals surface area contributed by atoms with Gasteiger partial charge in [-0.1, -0.05) is 30.5 Å². The van der Waals surface area contributed by atoms with Gasteiger partial charge in [0.15, 0.2) is 0 Å². The molecule has 1 saturated carbocycles. The number of carbonyl (C=O) groups is 2. The number of nitro benzene ring substituents is 1. The summed E-state index contributed by atoms with van der Waals surface area (Å²) in [6.45, 7) is 0.220. The van der Waals surface area contributed by atoms with E-state index in [0.29, 0.717) is 6.54 Å². The fraction of sp³-hybridized carbons (Fsp3) is 0.500. The molecule has 0 radical (unpaired) electrons. The quantitative estimate of drug-likeness (QED) is 0.519. The molecule has 2 unspecified atom stereocenters. The van der Waals surface area contributed by atoms with E-state index in [0.717, 1.165) is 25.7 Å². The van der Waals surface area contributed by atoms with Crippen molar-refractivity contribution in [2.45, 2.75) is 31.7 Å². The maximum Gasteiger partial charge on any atom is 0.283 e. The number of halogens is 1. The Hall–Kier alpha value is -2.19. The highest BCUT2D eigenvalue weighted by atomic mass is 35.5. The van der Waals surface area contributed by atoms with Crippen LogP contribution in [-0.4, -0.2) is 35.9 Å². The first-order valence-electron chi connectivity index (χ1n) is 8.14. The van der Waals surface area contributed by atoms with Gasteiger partial charge in [0.25, 0.3) is 11.6 Å². The number of benzene rings is 1. The Morgan fingerprint density at radius 3 is 2.72 bits per heavy atom. The van der Waals surface area contributed by atoms with Gasteiger partial charge in [0, 0.05) is 12.1 Å².